The van der Waals surface area contributed by atoms with Gasteiger partial charge in [0.2, 0.25) is 0 Å². The molecule has 1 heterocycles. The largest absolute Gasteiger partial charge is 0.314 e. The van der Waals surface area contributed by atoms with Gasteiger partial charge in [0.1, 0.15) is 0 Å². The molecule has 0 amide bonds. The third-order valence-corrected chi connectivity index (χ3v) is 2.37. The van der Waals surface area contributed by atoms with Crippen LogP contribution < -0.4 is 5.32 Å². The molecule has 0 aliphatic carbocycles. The lowest BCUT2D eigenvalue weighted by Gasteiger charge is -2.43. The van der Waals surface area contributed by atoms with E-state index < -0.39 is 0 Å². The molecule has 0 unspecified atom stereocenters. The molecule has 60 valence electrons. The first-order valence-corrected chi connectivity index (χ1v) is 3.95. The van der Waals surface area contributed by atoms with Crippen LogP contribution in [0.5, 0.6) is 0 Å². The highest BCUT2D eigenvalue weighted by molar-refractivity contribution is 4.88. The Morgan fingerprint density at radius 1 is 1.30 bits per heavy atom. The Labute approximate surface area is 63.6 Å². The van der Waals surface area contributed by atoms with Crippen molar-refractivity contribution >= 4 is 0 Å². The van der Waals surface area contributed by atoms with Gasteiger partial charge in [0.05, 0.1) is 0 Å². The van der Waals surface area contributed by atoms with Crippen LogP contribution in [0.1, 0.15) is 20.8 Å². The molecule has 0 spiro atoms. The van der Waals surface area contributed by atoms with Crippen molar-refractivity contribution in [2.45, 2.75) is 32.4 Å². The third kappa shape index (κ3) is 1.50. The smallest absolute Gasteiger partial charge is 0.0347 e. The Bertz CT molecular complexity index is 111. The molecule has 0 bridgehead atoms. The average molecular weight is 142 g/mol. The highest BCUT2D eigenvalue weighted by Gasteiger charge is 2.28. The zero-order valence-electron chi connectivity index (χ0n) is 7.44. The molecule has 10 heavy (non-hydrogen) atoms. The van der Waals surface area contributed by atoms with Gasteiger partial charge in [0.15, 0.2) is 0 Å². The van der Waals surface area contributed by atoms with Gasteiger partial charge in [-0.2, -0.15) is 0 Å². The summed E-state index contributed by atoms with van der Waals surface area (Å²) in [5.74, 6) is 0. The third-order valence-electron chi connectivity index (χ3n) is 2.37. The van der Waals surface area contributed by atoms with Crippen molar-refractivity contribution < 1.29 is 0 Å². The van der Waals surface area contributed by atoms with Crippen LogP contribution >= 0.6 is 0 Å². The Kier molecular flexibility index (Phi) is 2.02. The zero-order valence-corrected chi connectivity index (χ0v) is 7.44. The standard InChI is InChI=1S/C8H18N2/c1-8(2,3)10(4)7-5-9-6-7/h7,9H,5-6H2,1-4H3. The van der Waals surface area contributed by atoms with Gasteiger partial charge in [-0.15, -0.1) is 0 Å². The first-order chi connectivity index (χ1) is 4.52. The number of likely N-dealkylation sites (N-methyl/N-ethyl adjacent to an activating group) is 1. The number of hydrogen-bond acceptors (Lipinski definition) is 2. The molecule has 0 saturated carbocycles. The van der Waals surface area contributed by atoms with Crippen molar-refractivity contribution in [1.29, 1.82) is 0 Å². The second kappa shape index (κ2) is 2.51. The Balaban J connectivity index is 2.39. The molecule has 1 N–H and O–H groups in total. The molecule has 1 fully saturated rings. The molecule has 1 aliphatic rings. The molecule has 0 atom stereocenters. The van der Waals surface area contributed by atoms with Crippen LogP contribution in [-0.4, -0.2) is 36.6 Å². The van der Waals surface area contributed by atoms with E-state index in [1.165, 1.54) is 0 Å². The fourth-order valence-electron chi connectivity index (χ4n) is 1.10. The van der Waals surface area contributed by atoms with Crippen LogP contribution in [0.3, 0.4) is 0 Å². The van der Waals surface area contributed by atoms with Crippen molar-refractivity contribution in [3.63, 3.8) is 0 Å². The van der Waals surface area contributed by atoms with Crippen LogP contribution in [0.2, 0.25) is 0 Å². The van der Waals surface area contributed by atoms with Crippen LogP contribution in [0.25, 0.3) is 0 Å². The summed E-state index contributed by atoms with van der Waals surface area (Å²) in [5.41, 5.74) is 0.326. The van der Waals surface area contributed by atoms with E-state index in [4.69, 9.17) is 0 Å². The summed E-state index contributed by atoms with van der Waals surface area (Å²) in [6.07, 6.45) is 0. The van der Waals surface area contributed by atoms with E-state index in [0.717, 1.165) is 19.1 Å². The van der Waals surface area contributed by atoms with E-state index in [2.05, 4.69) is 38.0 Å². The number of hydrogen-bond donors (Lipinski definition) is 1. The van der Waals surface area contributed by atoms with Crippen molar-refractivity contribution in [2.75, 3.05) is 20.1 Å². The summed E-state index contributed by atoms with van der Waals surface area (Å²) in [5, 5.41) is 3.27. The van der Waals surface area contributed by atoms with Gasteiger partial charge >= 0.3 is 0 Å². The van der Waals surface area contributed by atoms with Crippen molar-refractivity contribution in [3.05, 3.63) is 0 Å². The van der Waals surface area contributed by atoms with Gasteiger partial charge in [-0.3, -0.25) is 4.90 Å². The van der Waals surface area contributed by atoms with Crippen LogP contribution in [0, 0.1) is 0 Å². The lowest BCUT2D eigenvalue weighted by molar-refractivity contribution is 0.0829. The van der Waals surface area contributed by atoms with Crippen molar-refractivity contribution in [1.82, 2.24) is 10.2 Å². The van der Waals surface area contributed by atoms with Gasteiger partial charge in [-0.05, 0) is 27.8 Å². The molecule has 1 aliphatic heterocycles. The molecule has 2 nitrogen and oxygen atoms in total. The number of rotatable bonds is 1. The van der Waals surface area contributed by atoms with Gasteiger partial charge in [0, 0.05) is 24.7 Å². The van der Waals surface area contributed by atoms with Gasteiger partial charge < -0.3 is 5.32 Å². The van der Waals surface area contributed by atoms with E-state index in [0.29, 0.717) is 5.54 Å². The lowest BCUT2D eigenvalue weighted by atomic mass is 10.0. The minimum absolute atomic E-state index is 0.326. The average Bonchev–Trinajstić information content (AvgIpc) is 1.57. The fourth-order valence-corrected chi connectivity index (χ4v) is 1.10. The molecule has 1 saturated heterocycles. The fraction of sp³-hybridized carbons (Fsp3) is 1.00. The highest BCUT2D eigenvalue weighted by atomic mass is 15.3. The van der Waals surface area contributed by atoms with Crippen LogP contribution in [0.15, 0.2) is 0 Å². The van der Waals surface area contributed by atoms with Crippen molar-refractivity contribution in [2.24, 2.45) is 0 Å². The second-order valence-corrected chi connectivity index (χ2v) is 4.09. The van der Waals surface area contributed by atoms with E-state index in [-0.39, 0.29) is 0 Å². The highest BCUT2D eigenvalue weighted by Crippen LogP contribution is 2.15. The molecule has 1 rings (SSSR count). The summed E-state index contributed by atoms with van der Waals surface area (Å²) in [7, 11) is 2.20. The summed E-state index contributed by atoms with van der Waals surface area (Å²) >= 11 is 0. The Hall–Kier alpha value is -0.0800. The van der Waals surface area contributed by atoms with E-state index in [1.54, 1.807) is 0 Å². The van der Waals surface area contributed by atoms with E-state index >= 15 is 0 Å². The van der Waals surface area contributed by atoms with E-state index in [1.807, 2.05) is 0 Å². The Morgan fingerprint density at radius 3 is 1.90 bits per heavy atom. The molecule has 0 aromatic carbocycles. The summed E-state index contributed by atoms with van der Waals surface area (Å²) in [6.45, 7) is 9.09. The summed E-state index contributed by atoms with van der Waals surface area (Å²) in [4.78, 5) is 2.43. The number of nitrogens with zero attached hydrogens (tertiary/aromatic N) is 1. The molecule has 0 radical (unpaired) electrons. The predicted octanol–water partition coefficient (Wildman–Crippen LogP) is 0.688. The summed E-state index contributed by atoms with van der Waals surface area (Å²) in [6, 6.07) is 0.764. The van der Waals surface area contributed by atoms with Crippen molar-refractivity contribution in [3.8, 4) is 0 Å². The van der Waals surface area contributed by atoms with E-state index in [9.17, 15) is 0 Å². The molecule has 2 heteroatoms. The van der Waals surface area contributed by atoms with Crippen LogP contribution in [-0.2, 0) is 0 Å². The maximum absolute atomic E-state index is 3.27. The molecular weight excluding hydrogens is 124 g/mol. The molecule has 0 aromatic heterocycles. The normalized spacial score (nSPS) is 21.3. The maximum Gasteiger partial charge on any atom is 0.0347 e. The minimum atomic E-state index is 0.326. The molecular formula is C8H18N2. The maximum atomic E-state index is 3.27. The summed E-state index contributed by atoms with van der Waals surface area (Å²) < 4.78 is 0. The minimum Gasteiger partial charge on any atom is -0.314 e. The Morgan fingerprint density at radius 2 is 1.80 bits per heavy atom. The topological polar surface area (TPSA) is 15.3 Å². The SMILES string of the molecule is CN(C1CNC1)C(C)(C)C. The van der Waals surface area contributed by atoms with Gasteiger partial charge in [0.25, 0.3) is 0 Å². The van der Waals surface area contributed by atoms with Crippen LogP contribution in [0.4, 0.5) is 0 Å². The molecule has 0 aromatic rings. The predicted molar refractivity (Wildman–Crippen MR) is 44.2 cm³/mol. The monoisotopic (exact) mass is 142 g/mol. The zero-order chi connectivity index (χ0) is 7.78. The second-order valence-electron chi connectivity index (χ2n) is 4.09. The first-order valence-electron chi connectivity index (χ1n) is 3.95. The number of nitrogens with one attached hydrogen (secondary N) is 1. The quantitative estimate of drug-likeness (QED) is 0.579. The van der Waals surface area contributed by atoms with Gasteiger partial charge in [-0.25, -0.2) is 0 Å². The first kappa shape index (κ1) is 8.02. The lowest BCUT2D eigenvalue weighted by Crippen LogP contribution is -2.60. The van der Waals surface area contributed by atoms with Gasteiger partial charge in [-0.1, -0.05) is 0 Å².